The van der Waals surface area contributed by atoms with E-state index in [1.165, 1.54) is 25.3 Å². The van der Waals surface area contributed by atoms with Crippen LogP contribution >= 0.6 is 0 Å². The van der Waals surface area contributed by atoms with E-state index in [9.17, 15) is 24.5 Å². The molecule has 3 aromatic carbocycles. The number of nitro groups is 1. The lowest BCUT2D eigenvalue weighted by molar-refractivity contribution is -0.383. The molecule has 11 heteroatoms. The Labute approximate surface area is 225 Å². The van der Waals surface area contributed by atoms with E-state index in [2.05, 4.69) is 16.7 Å². The maximum absolute atomic E-state index is 12.2. The van der Waals surface area contributed by atoms with E-state index in [4.69, 9.17) is 14.2 Å². The number of nitrogens with one attached hydrogen (secondary N) is 2. The van der Waals surface area contributed by atoms with Crippen molar-refractivity contribution in [1.82, 2.24) is 0 Å². The Bertz CT molecular complexity index is 1340. The van der Waals surface area contributed by atoms with Gasteiger partial charge in [-0.25, -0.2) is 0 Å². The first kappa shape index (κ1) is 28.6. The average molecular weight is 536 g/mol. The summed E-state index contributed by atoms with van der Waals surface area (Å²) in [6.07, 6.45) is 0.197. The van der Waals surface area contributed by atoms with Gasteiger partial charge in [0.2, 0.25) is 5.91 Å². The molecule has 0 spiro atoms. The normalized spacial score (nSPS) is 10.3. The second-order valence-electron chi connectivity index (χ2n) is 8.70. The molecule has 3 aromatic rings. The van der Waals surface area contributed by atoms with Gasteiger partial charge in [-0.3, -0.25) is 24.5 Å². The number of anilines is 2. The van der Waals surface area contributed by atoms with Crippen molar-refractivity contribution in [1.29, 1.82) is 0 Å². The van der Waals surface area contributed by atoms with Crippen LogP contribution in [0.4, 0.5) is 17.1 Å². The van der Waals surface area contributed by atoms with E-state index in [1.54, 1.807) is 24.3 Å². The number of aryl methyl sites for hydroxylation is 2. The fourth-order valence-corrected chi connectivity index (χ4v) is 3.66. The maximum atomic E-state index is 12.2. The highest BCUT2D eigenvalue weighted by Gasteiger charge is 2.18. The van der Waals surface area contributed by atoms with Crippen LogP contribution in [0.2, 0.25) is 0 Å². The third-order valence-corrected chi connectivity index (χ3v) is 5.39. The zero-order valence-electron chi connectivity index (χ0n) is 21.8. The largest absolute Gasteiger partial charge is 0.497 e. The van der Waals surface area contributed by atoms with Crippen LogP contribution in [0.3, 0.4) is 0 Å². The van der Waals surface area contributed by atoms with E-state index < -0.39 is 23.4 Å². The highest BCUT2D eigenvalue weighted by atomic mass is 16.6. The molecule has 0 aromatic heterocycles. The smallest absolute Gasteiger partial charge is 0.306 e. The van der Waals surface area contributed by atoms with Crippen LogP contribution in [0, 0.1) is 24.0 Å². The molecule has 0 bridgehead atoms. The molecule has 0 atom stereocenters. The van der Waals surface area contributed by atoms with Gasteiger partial charge in [0.05, 0.1) is 12.0 Å². The molecule has 0 aliphatic carbocycles. The summed E-state index contributed by atoms with van der Waals surface area (Å²) in [7, 11) is 1.38. The number of rotatable bonds is 12. The van der Waals surface area contributed by atoms with Crippen LogP contribution < -0.4 is 20.1 Å². The minimum absolute atomic E-state index is 0.0676. The number of amides is 2. The zero-order valence-corrected chi connectivity index (χ0v) is 21.8. The van der Waals surface area contributed by atoms with Gasteiger partial charge < -0.3 is 24.8 Å². The van der Waals surface area contributed by atoms with Crippen LogP contribution in [0.1, 0.15) is 30.4 Å². The van der Waals surface area contributed by atoms with Crippen molar-refractivity contribution < 1.29 is 33.5 Å². The number of hydrogen-bond acceptors (Lipinski definition) is 8. The van der Waals surface area contributed by atoms with Gasteiger partial charge in [-0.1, -0.05) is 6.07 Å². The SMILES string of the molecule is COc1ccc([N+](=O)[O-])c(NC(=O)COC(=O)CCCC(=O)Nc2ccc(Oc3cc(C)cc(C)c3)cc2)c1. The summed E-state index contributed by atoms with van der Waals surface area (Å²) in [6, 6.07) is 16.7. The number of esters is 1. The summed E-state index contributed by atoms with van der Waals surface area (Å²) >= 11 is 0. The lowest BCUT2D eigenvalue weighted by atomic mass is 10.1. The second kappa shape index (κ2) is 13.6. The summed E-state index contributed by atoms with van der Waals surface area (Å²) < 4.78 is 15.8. The molecule has 0 heterocycles. The number of carbonyl (C=O) groups is 3. The molecular weight excluding hydrogens is 506 g/mol. The quantitative estimate of drug-likeness (QED) is 0.180. The average Bonchev–Trinajstić information content (AvgIpc) is 2.88. The molecule has 2 amide bonds. The number of ether oxygens (including phenoxy) is 3. The Morgan fingerprint density at radius 1 is 0.821 bits per heavy atom. The maximum Gasteiger partial charge on any atom is 0.306 e. The highest BCUT2D eigenvalue weighted by molar-refractivity contribution is 5.95. The Morgan fingerprint density at radius 3 is 2.13 bits per heavy atom. The molecule has 204 valence electrons. The molecule has 3 rings (SSSR count). The molecular formula is C28H29N3O8. The molecule has 0 saturated carbocycles. The molecule has 0 fully saturated rings. The van der Waals surface area contributed by atoms with Gasteiger partial charge in [-0.15, -0.1) is 0 Å². The van der Waals surface area contributed by atoms with Crippen LogP contribution in [0.15, 0.2) is 60.7 Å². The molecule has 39 heavy (non-hydrogen) atoms. The van der Waals surface area contributed by atoms with E-state index in [0.717, 1.165) is 16.9 Å². The van der Waals surface area contributed by atoms with Gasteiger partial charge in [0.15, 0.2) is 6.61 Å². The number of hydrogen-bond donors (Lipinski definition) is 2. The summed E-state index contributed by atoms with van der Waals surface area (Å²) in [5.41, 5.74) is 2.37. The summed E-state index contributed by atoms with van der Waals surface area (Å²) in [5, 5.41) is 16.2. The van der Waals surface area contributed by atoms with Gasteiger partial charge >= 0.3 is 5.97 Å². The number of benzene rings is 3. The standard InChI is InChI=1S/C28H29N3O8/c1-18-13-19(2)15-23(14-18)39-21-9-7-20(8-10-21)29-26(32)5-4-6-28(34)38-17-27(33)30-24-16-22(37-3)11-12-25(24)31(35)36/h7-16H,4-6,17H2,1-3H3,(H,29,32)(H,30,33). The van der Waals surface area contributed by atoms with E-state index in [-0.39, 0.29) is 36.5 Å². The Morgan fingerprint density at radius 2 is 1.49 bits per heavy atom. The minimum atomic E-state index is -0.748. The van der Waals surface area contributed by atoms with Crippen molar-refractivity contribution in [3.63, 3.8) is 0 Å². The van der Waals surface area contributed by atoms with Crippen molar-refractivity contribution in [2.75, 3.05) is 24.4 Å². The van der Waals surface area contributed by atoms with Crippen LogP contribution in [-0.2, 0) is 19.1 Å². The van der Waals surface area contributed by atoms with Crippen LogP contribution in [0.5, 0.6) is 17.2 Å². The topological polar surface area (TPSA) is 146 Å². The van der Waals surface area contributed by atoms with Gasteiger partial charge in [0.1, 0.15) is 22.9 Å². The fourth-order valence-electron chi connectivity index (χ4n) is 3.66. The third-order valence-electron chi connectivity index (χ3n) is 5.39. The lowest BCUT2D eigenvalue weighted by Crippen LogP contribution is -2.21. The molecule has 11 nitrogen and oxygen atoms in total. The third kappa shape index (κ3) is 9.15. The number of nitro benzene ring substituents is 1. The number of methoxy groups -OCH3 is 1. The molecule has 0 radical (unpaired) electrons. The van der Waals surface area contributed by atoms with Gasteiger partial charge in [0.25, 0.3) is 11.6 Å². The summed E-state index contributed by atoms with van der Waals surface area (Å²) in [5.74, 6) is -0.0314. The highest BCUT2D eigenvalue weighted by Crippen LogP contribution is 2.29. The predicted octanol–water partition coefficient (Wildman–Crippen LogP) is 5.30. The Balaban J connectivity index is 1.38. The number of nitrogens with zero attached hydrogens (tertiary/aromatic N) is 1. The fraction of sp³-hybridized carbons (Fsp3) is 0.250. The van der Waals surface area contributed by atoms with Gasteiger partial charge in [0, 0.05) is 30.7 Å². The first-order valence-electron chi connectivity index (χ1n) is 12.1. The van der Waals surface area contributed by atoms with Crippen molar-refractivity contribution in [3.05, 3.63) is 81.9 Å². The Kier molecular flexibility index (Phi) is 9.96. The molecule has 0 aliphatic rings. The van der Waals surface area contributed by atoms with Crippen molar-refractivity contribution in [3.8, 4) is 17.2 Å². The van der Waals surface area contributed by atoms with E-state index >= 15 is 0 Å². The van der Waals surface area contributed by atoms with Crippen LogP contribution in [-0.4, -0.2) is 36.4 Å². The molecule has 0 aliphatic heterocycles. The molecule has 0 saturated heterocycles. The Hall–Kier alpha value is -4.93. The number of carbonyl (C=O) groups excluding carboxylic acids is 3. The summed E-state index contributed by atoms with van der Waals surface area (Å²) in [4.78, 5) is 46.8. The zero-order chi connectivity index (χ0) is 28.4. The minimum Gasteiger partial charge on any atom is -0.497 e. The van der Waals surface area contributed by atoms with Crippen molar-refractivity contribution in [2.24, 2.45) is 0 Å². The van der Waals surface area contributed by atoms with E-state index in [1.807, 2.05) is 26.0 Å². The van der Waals surface area contributed by atoms with Crippen LogP contribution in [0.25, 0.3) is 0 Å². The summed E-state index contributed by atoms with van der Waals surface area (Å²) in [6.45, 7) is 3.36. The monoisotopic (exact) mass is 535 g/mol. The van der Waals surface area contributed by atoms with Crippen molar-refractivity contribution >= 4 is 34.8 Å². The van der Waals surface area contributed by atoms with Crippen molar-refractivity contribution in [2.45, 2.75) is 33.1 Å². The first-order chi connectivity index (χ1) is 18.6. The van der Waals surface area contributed by atoms with Gasteiger partial charge in [-0.2, -0.15) is 0 Å². The van der Waals surface area contributed by atoms with Gasteiger partial charge in [-0.05, 0) is 73.9 Å². The lowest BCUT2D eigenvalue weighted by Gasteiger charge is -2.10. The van der Waals surface area contributed by atoms with E-state index in [0.29, 0.717) is 17.2 Å². The molecule has 0 unspecified atom stereocenters. The first-order valence-corrected chi connectivity index (χ1v) is 12.1. The predicted molar refractivity (Wildman–Crippen MR) is 144 cm³/mol. The molecule has 2 N–H and O–H groups in total. The second-order valence-corrected chi connectivity index (χ2v) is 8.70.